The van der Waals surface area contributed by atoms with Crippen molar-refractivity contribution in [2.75, 3.05) is 0 Å². The van der Waals surface area contributed by atoms with Gasteiger partial charge in [0.25, 0.3) is 0 Å². The number of carbonyl (C=O) groups excluding carboxylic acids is 1. The van der Waals surface area contributed by atoms with Crippen LogP contribution >= 0.6 is 0 Å². The first-order chi connectivity index (χ1) is 6.24. The van der Waals surface area contributed by atoms with Crippen molar-refractivity contribution in [2.45, 2.75) is 45.1 Å². The van der Waals surface area contributed by atoms with E-state index in [0.717, 1.165) is 6.42 Å². The number of hydrogen-bond acceptors (Lipinski definition) is 2. The van der Waals surface area contributed by atoms with Crippen molar-refractivity contribution >= 4 is 5.91 Å². The van der Waals surface area contributed by atoms with Gasteiger partial charge in [0.2, 0.25) is 5.91 Å². The van der Waals surface area contributed by atoms with Crippen LogP contribution in [0.15, 0.2) is 0 Å². The van der Waals surface area contributed by atoms with Gasteiger partial charge in [0.1, 0.15) is 6.42 Å². The normalized spacial score (nSPS) is 27.7. The molecule has 0 radical (unpaired) electrons. The molecule has 0 bridgehead atoms. The van der Waals surface area contributed by atoms with Gasteiger partial charge in [-0.15, -0.1) is 0 Å². The third-order valence-corrected chi connectivity index (χ3v) is 2.70. The molecule has 1 N–H and O–H groups in total. The molecule has 1 saturated carbocycles. The standard InChI is InChI=1S/C10H16N2O/c1-8-4-2-3-5-9(8)12-10(13)6-7-11/h8-9H,2-6H2,1H3,(H,12,13)/t8-,9+/m0/s1. The maximum absolute atomic E-state index is 11.1. The third kappa shape index (κ3) is 3.06. The lowest BCUT2D eigenvalue weighted by Crippen LogP contribution is -2.40. The molecule has 72 valence electrons. The Morgan fingerprint density at radius 2 is 2.23 bits per heavy atom. The van der Waals surface area contributed by atoms with Crippen molar-refractivity contribution in [1.82, 2.24) is 5.32 Å². The second-order valence-corrected chi connectivity index (χ2v) is 3.77. The minimum Gasteiger partial charge on any atom is -0.352 e. The minimum absolute atomic E-state index is 0.0107. The molecule has 0 spiro atoms. The van der Waals surface area contributed by atoms with E-state index in [0.29, 0.717) is 12.0 Å². The summed E-state index contributed by atoms with van der Waals surface area (Å²) in [7, 11) is 0. The molecule has 3 heteroatoms. The molecule has 0 aromatic rings. The summed E-state index contributed by atoms with van der Waals surface area (Å²) in [6.07, 6.45) is 4.71. The molecular formula is C10H16N2O. The Labute approximate surface area is 79.1 Å². The van der Waals surface area contributed by atoms with Gasteiger partial charge in [-0.2, -0.15) is 5.26 Å². The zero-order valence-corrected chi connectivity index (χ0v) is 8.05. The zero-order valence-electron chi connectivity index (χ0n) is 8.05. The molecule has 0 heterocycles. The van der Waals surface area contributed by atoms with Gasteiger partial charge in [-0.05, 0) is 18.8 Å². The fourth-order valence-corrected chi connectivity index (χ4v) is 1.86. The summed E-state index contributed by atoms with van der Waals surface area (Å²) >= 11 is 0. The van der Waals surface area contributed by atoms with Crippen LogP contribution in [0.1, 0.15) is 39.0 Å². The number of hydrogen-bond donors (Lipinski definition) is 1. The van der Waals surface area contributed by atoms with Crippen molar-refractivity contribution in [3.63, 3.8) is 0 Å². The Kier molecular flexibility index (Phi) is 3.75. The van der Waals surface area contributed by atoms with Gasteiger partial charge >= 0.3 is 0 Å². The lowest BCUT2D eigenvalue weighted by molar-refractivity contribution is -0.121. The maximum atomic E-state index is 11.1. The van der Waals surface area contributed by atoms with E-state index in [1.165, 1.54) is 19.3 Å². The van der Waals surface area contributed by atoms with E-state index < -0.39 is 0 Å². The van der Waals surface area contributed by atoms with Crippen molar-refractivity contribution in [2.24, 2.45) is 5.92 Å². The number of nitrogens with one attached hydrogen (secondary N) is 1. The smallest absolute Gasteiger partial charge is 0.234 e. The second kappa shape index (κ2) is 4.86. The van der Waals surface area contributed by atoms with Crippen molar-refractivity contribution in [1.29, 1.82) is 5.26 Å². The molecular weight excluding hydrogens is 164 g/mol. The summed E-state index contributed by atoms with van der Waals surface area (Å²) in [4.78, 5) is 11.1. The Balaban J connectivity index is 2.34. The highest BCUT2D eigenvalue weighted by Crippen LogP contribution is 2.23. The van der Waals surface area contributed by atoms with Crippen LogP contribution in [0.5, 0.6) is 0 Å². The average Bonchev–Trinajstić information content (AvgIpc) is 2.09. The summed E-state index contributed by atoms with van der Waals surface area (Å²) in [6, 6.07) is 2.16. The third-order valence-electron chi connectivity index (χ3n) is 2.70. The first kappa shape index (κ1) is 10.0. The molecule has 0 aliphatic heterocycles. The molecule has 1 amide bonds. The molecule has 3 nitrogen and oxygen atoms in total. The first-order valence-corrected chi connectivity index (χ1v) is 4.90. The van der Waals surface area contributed by atoms with E-state index in [1.54, 1.807) is 0 Å². The molecule has 1 aliphatic carbocycles. The molecule has 0 aromatic carbocycles. The van der Waals surface area contributed by atoms with Crippen molar-refractivity contribution < 1.29 is 4.79 Å². The SMILES string of the molecule is C[C@H]1CCCC[C@H]1NC(=O)CC#N. The summed E-state index contributed by atoms with van der Waals surface area (Å²) in [5.74, 6) is 0.442. The lowest BCUT2D eigenvalue weighted by atomic mass is 9.86. The molecule has 1 fully saturated rings. The predicted molar refractivity (Wildman–Crippen MR) is 49.8 cm³/mol. The van der Waals surface area contributed by atoms with Crippen LogP contribution in [0, 0.1) is 17.2 Å². The fourth-order valence-electron chi connectivity index (χ4n) is 1.86. The molecule has 13 heavy (non-hydrogen) atoms. The number of nitrogens with zero attached hydrogens (tertiary/aromatic N) is 1. The van der Waals surface area contributed by atoms with Gasteiger partial charge in [0.15, 0.2) is 0 Å². The van der Waals surface area contributed by atoms with E-state index in [-0.39, 0.29) is 12.3 Å². The number of amides is 1. The maximum Gasteiger partial charge on any atom is 0.234 e. The van der Waals surface area contributed by atoms with E-state index in [1.807, 2.05) is 6.07 Å². The highest BCUT2D eigenvalue weighted by molar-refractivity contribution is 5.78. The highest BCUT2D eigenvalue weighted by Gasteiger charge is 2.22. The van der Waals surface area contributed by atoms with Crippen LogP contribution in [0.2, 0.25) is 0 Å². The molecule has 2 atom stereocenters. The molecule has 0 saturated heterocycles. The van der Waals surface area contributed by atoms with Crippen LogP contribution in [0.4, 0.5) is 0 Å². The monoisotopic (exact) mass is 180 g/mol. The highest BCUT2D eigenvalue weighted by atomic mass is 16.1. The van der Waals surface area contributed by atoms with Crippen LogP contribution in [-0.4, -0.2) is 11.9 Å². The van der Waals surface area contributed by atoms with Gasteiger partial charge in [0, 0.05) is 6.04 Å². The van der Waals surface area contributed by atoms with Crippen molar-refractivity contribution in [3.05, 3.63) is 0 Å². The number of rotatable bonds is 2. The van der Waals surface area contributed by atoms with Crippen LogP contribution in [0.3, 0.4) is 0 Å². The Morgan fingerprint density at radius 3 is 2.85 bits per heavy atom. The van der Waals surface area contributed by atoms with Crippen LogP contribution < -0.4 is 5.32 Å². The Hall–Kier alpha value is -1.04. The van der Waals surface area contributed by atoms with Crippen LogP contribution in [-0.2, 0) is 4.79 Å². The molecule has 0 aromatic heterocycles. The van der Waals surface area contributed by atoms with E-state index >= 15 is 0 Å². The number of nitriles is 1. The Bertz CT molecular complexity index is 219. The van der Waals surface area contributed by atoms with Crippen molar-refractivity contribution in [3.8, 4) is 6.07 Å². The quantitative estimate of drug-likeness (QED) is 0.701. The minimum atomic E-state index is -0.124. The number of carbonyl (C=O) groups is 1. The van der Waals surface area contributed by atoms with Gasteiger partial charge in [-0.3, -0.25) is 4.79 Å². The molecule has 1 rings (SSSR count). The predicted octanol–water partition coefficient (Wildman–Crippen LogP) is 1.59. The first-order valence-electron chi connectivity index (χ1n) is 4.90. The average molecular weight is 180 g/mol. The molecule has 1 aliphatic rings. The van der Waals surface area contributed by atoms with E-state index in [9.17, 15) is 4.79 Å². The summed E-state index contributed by atoms with van der Waals surface area (Å²) in [5.41, 5.74) is 0. The summed E-state index contributed by atoms with van der Waals surface area (Å²) in [5, 5.41) is 11.2. The van der Waals surface area contributed by atoms with Gasteiger partial charge in [-0.25, -0.2) is 0 Å². The topological polar surface area (TPSA) is 52.9 Å². The summed E-state index contributed by atoms with van der Waals surface area (Å²) in [6.45, 7) is 2.16. The van der Waals surface area contributed by atoms with E-state index in [2.05, 4.69) is 12.2 Å². The van der Waals surface area contributed by atoms with Gasteiger partial charge < -0.3 is 5.32 Å². The lowest BCUT2D eigenvalue weighted by Gasteiger charge is -2.29. The van der Waals surface area contributed by atoms with Gasteiger partial charge in [0.05, 0.1) is 6.07 Å². The zero-order chi connectivity index (χ0) is 9.68. The second-order valence-electron chi connectivity index (χ2n) is 3.77. The van der Waals surface area contributed by atoms with Crippen LogP contribution in [0.25, 0.3) is 0 Å². The Morgan fingerprint density at radius 1 is 1.54 bits per heavy atom. The fraction of sp³-hybridized carbons (Fsp3) is 0.800. The van der Waals surface area contributed by atoms with Gasteiger partial charge in [-0.1, -0.05) is 19.8 Å². The molecule has 0 unspecified atom stereocenters. The van der Waals surface area contributed by atoms with E-state index in [4.69, 9.17) is 5.26 Å². The summed E-state index contributed by atoms with van der Waals surface area (Å²) < 4.78 is 0. The largest absolute Gasteiger partial charge is 0.352 e.